The van der Waals surface area contributed by atoms with E-state index in [2.05, 4.69) is 24.1 Å². The second-order valence-electron chi connectivity index (χ2n) is 4.77. The fourth-order valence-corrected chi connectivity index (χ4v) is 2.73. The largest absolute Gasteiger partial charge is 0.317 e. The second kappa shape index (κ2) is 4.63. The van der Waals surface area contributed by atoms with Crippen molar-refractivity contribution in [1.29, 1.82) is 0 Å². The van der Waals surface area contributed by atoms with Gasteiger partial charge in [0.05, 0.1) is 0 Å². The smallest absolute Gasteiger partial charge is 0.0139 e. The standard InChI is InChI=1S/C12H24N2/c1-3-13-9-10-5-8-12(10)14(4-2)11-6-7-11/h10-13H,3-9H2,1-2H3. The van der Waals surface area contributed by atoms with Gasteiger partial charge in [0, 0.05) is 12.1 Å². The van der Waals surface area contributed by atoms with Gasteiger partial charge in [-0.15, -0.1) is 0 Å². The molecule has 0 bridgehead atoms. The van der Waals surface area contributed by atoms with Crippen molar-refractivity contribution in [2.75, 3.05) is 19.6 Å². The summed E-state index contributed by atoms with van der Waals surface area (Å²) in [6, 6.07) is 1.86. The van der Waals surface area contributed by atoms with Gasteiger partial charge < -0.3 is 5.32 Å². The number of nitrogens with zero attached hydrogens (tertiary/aromatic N) is 1. The molecule has 2 aliphatic carbocycles. The zero-order chi connectivity index (χ0) is 9.97. The zero-order valence-corrected chi connectivity index (χ0v) is 9.63. The number of hydrogen-bond acceptors (Lipinski definition) is 2. The van der Waals surface area contributed by atoms with Crippen molar-refractivity contribution < 1.29 is 0 Å². The van der Waals surface area contributed by atoms with Crippen molar-refractivity contribution in [2.45, 2.75) is 51.6 Å². The molecule has 0 aliphatic heterocycles. The third-order valence-corrected chi connectivity index (χ3v) is 3.84. The Hall–Kier alpha value is -0.0800. The minimum absolute atomic E-state index is 0.909. The van der Waals surface area contributed by atoms with Crippen molar-refractivity contribution in [2.24, 2.45) is 5.92 Å². The molecular weight excluding hydrogens is 172 g/mol. The Kier molecular flexibility index (Phi) is 3.45. The summed E-state index contributed by atoms with van der Waals surface area (Å²) >= 11 is 0. The molecular formula is C12H24N2. The quantitative estimate of drug-likeness (QED) is 0.697. The monoisotopic (exact) mass is 196 g/mol. The van der Waals surface area contributed by atoms with E-state index >= 15 is 0 Å². The lowest BCUT2D eigenvalue weighted by molar-refractivity contribution is 0.0598. The van der Waals surface area contributed by atoms with Gasteiger partial charge in [0.15, 0.2) is 0 Å². The van der Waals surface area contributed by atoms with E-state index in [1.54, 1.807) is 0 Å². The van der Waals surface area contributed by atoms with E-state index in [9.17, 15) is 0 Å². The van der Waals surface area contributed by atoms with Crippen LogP contribution in [0.4, 0.5) is 0 Å². The molecule has 2 aliphatic rings. The first-order valence-electron chi connectivity index (χ1n) is 6.33. The molecule has 0 aromatic rings. The summed E-state index contributed by atoms with van der Waals surface area (Å²) < 4.78 is 0. The van der Waals surface area contributed by atoms with Crippen LogP contribution < -0.4 is 5.32 Å². The molecule has 2 saturated carbocycles. The molecule has 2 heteroatoms. The van der Waals surface area contributed by atoms with Crippen LogP contribution in [-0.4, -0.2) is 36.6 Å². The third-order valence-electron chi connectivity index (χ3n) is 3.84. The minimum atomic E-state index is 0.909. The van der Waals surface area contributed by atoms with E-state index in [1.807, 2.05) is 0 Å². The second-order valence-corrected chi connectivity index (χ2v) is 4.77. The predicted molar refractivity (Wildman–Crippen MR) is 60.5 cm³/mol. The normalized spacial score (nSPS) is 31.9. The highest BCUT2D eigenvalue weighted by atomic mass is 15.2. The summed E-state index contributed by atoms with van der Waals surface area (Å²) in [5, 5.41) is 3.49. The number of hydrogen-bond donors (Lipinski definition) is 1. The van der Waals surface area contributed by atoms with Crippen LogP contribution in [0, 0.1) is 5.92 Å². The number of rotatable bonds is 6. The minimum Gasteiger partial charge on any atom is -0.317 e. The summed E-state index contributed by atoms with van der Waals surface area (Å²) in [6.45, 7) is 8.15. The molecule has 2 nitrogen and oxygen atoms in total. The molecule has 82 valence electrons. The van der Waals surface area contributed by atoms with E-state index in [0.717, 1.165) is 24.5 Å². The summed E-state index contributed by atoms with van der Waals surface area (Å²) in [7, 11) is 0. The molecule has 0 saturated heterocycles. The zero-order valence-electron chi connectivity index (χ0n) is 9.63. The Morgan fingerprint density at radius 2 is 1.93 bits per heavy atom. The summed E-state index contributed by atoms with van der Waals surface area (Å²) in [5.41, 5.74) is 0. The fourth-order valence-electron chi connectivity index (χ4n) is 2.73. The van der Waals surface area contributed by atoms with Gasteiger partial charge in [0.25, 0.3) is 0 Å². The molecule has 2 fully saturated rings. The lowest BCUT2D eigenvalue weighted by atomic mass is 9.78. The Morgan fingerprint density at radius 1 is 1.14 bits per heavy atom. The first kappa shape index (κ1) is 10.4. The van der Waals surface area contributed by atoms with Gasteiger partial charge in [-0.3, -0.25) is 4.90 Å². The van der Waals surface area contributed by atoms with Crippen LogP contribution in [0.3, 0.4) is 0 Å². The van der Waals surface area contributed by atoms with Crippen LogP contribution in [0.15, 0.2) is 0 Å². The van der Waals surface area contributed by atoms with E-state index < -0.39 is 0 Å². The maximum atomic E-state index is 3.49. The van der Waals surface area contributed by atoms with E-state index in [-0.39, 0.29) is 0 Å². The van der Waals surface area contributed by atoms with Gasteiger partial charge in [-0.25, -0.2) is 0 Å². The maximum absolute atomic E-state index is 3.49. The van der Waals surface area contributed by atoms with Crippen LogP contribution in [0.25, 0.3) is 0 Å². The summed E-state index contributed by atoms with van der Waals surface area (Å²) in [6.07, 6.45) is 5.80. The fraction of sp³-hybridized carbons (Fsp3) is 1.00. The highest BCUT2D eigenvalue weighted by Gasteiger charge is 2.40. The van der Waals surface area contributed by atoms with Crippen LogP contribution in [0.5, 0.6) is 0 Å². The topological polar surface area (TPSA) is 15.3 Å². The Balaban J connectivity index is 1.78. The van der Waals surface area contributed by atoms with Crippen LogP contribution >= 0.6 is 0 Å². The van der Waals surface area contributed by atoms with Gasteiger partial charge in [-0.2, -0.15) is 0 Å². The number of nitrogens with one attached hydrogen (secondary N) is 1. The van der Waals surface area contributed by atoms with Gasteiger partial charge >= 0.3 is 0 Å². The molecule has 0 aromatic carbocycles. The lowest BCUT2D eigenvalue weighted by Gasteiger charge is -2.44. The average Bonchev–Trinajstić information content (AvgIpc) is 2.96. The van der Waals surface area contributed by atoms with Gasteiger partial charge in [0.1, 0.15) is 0 Å². The van der Waals surface area contributed by atoms with Crippen molar-refractivity contribution in [3.63, 3.8) is 0 Å². The summed E-state index contributed by atoms with van der Waals surface area (Å²) in [5.74, 6) is 0.940. The van der Waals surface area contributed by atoms with Crippen molar-refractivity contribution in [1.82, 2.24) is 10.2 Å². The Morgan fingerprint density at radius 3 is 2.36 bits per heavy atom. The van der Waals surface area contributed by atoms with Crippen molar-refractivity contribution in [3.05, 3.63) is 0 Å². The lowest BCUT2D eigenvalue weighted by Crippen LogP contribution is -2.51. The first-order chi connectivity index (χ1) is 6.86. The van der Waals surface area contributed by atoms with E-state index in [0.29, 0.717) is 0 Å². The molecule has 2 rings (SSSR count). The molecule has 0 amide bonds. The molecule has 0 radical (unpaired) electrons. The van der Waals surface area contributed by atoms with Gasteiger partial charge in [-0.05, 0) is 51.2 Å². The molecule has 0 heterocycles. The van der Waals surface area contributed by atoms with Crippen LogP contribution in [0.2, 0.25) is 0 Å². The Labute approximate surface area is 88.1 Å². The predicted octanol–water partition coefficient (Wildman–Crippen LogP) is 1.86. The third kappa shape index (κ3) is 2.12. The molecule has 0 spiro atoms. The van der Waals surface area contributed by atoms with E-state index in [4.69, 9.17) is 0 Å². The first-order valence-corrected chi connectivity index (χ1v) is 6.33. The highest BCUT2D eigenvalue weighted by molar-refractivity contribution is 4.96. The van der Waals surface area contributed by atoms with Crippen LogP contribution in [-0.2, 0) is 0 Å². The molecule has 2 unspecified atom stereocenters. The van der Waals surface area contributed by atoms with Gasteiger partial charge in [0.2, 0.25) is 0 Å². The maximum Gasteiger partial charge on any atom is 0.0139 e. The van der Waals surface area contributed by atoms with Crippen LogP contribution in [0.1, 0.15) is 39.5 Å². The molecule has 14 heavy (non-hydrogen) atoms. The van der Waals surface area contributed by atoms with Gasteiger partial charge in [-0.1, -0.05) is 13.8 Å². The Bertz CT molecular complexity index is 177. The molecule has 1 N–H and O–H groups in total. The van der Waals surface area contributed by atoms with Crippen molar-refractivity contribution in [3.8, 4) is 0 Å². The average molecular weight is 196 g/mol. The summed E-state index contributed by atoms with van der Waals surface area (Å²) in [4.78, 5) is 2.76. The SMILES string of the molecule is CCNCC1CCC1N(CC)C1CC1. The molecule has 2 atom stereocenters. The van der Waals surface area contributed by atoms with E-state index in [1.165, 1.54) is 38.8 Å². The molecule has 0 aromatic heterocycles. The van der Waals surface area contributed by atoms with Crippen molar-refractivity contribution >= 4 is 0 Å². The highest BCUT2D eigenvalue weighted by Crippen LogP contribution is 2.38.